The van der Waals surface area contributed by atoms with E-state index < -0.39 is 0 Å². The average Bonchev–Trinajstić information content (AvgIpc) is 3.15. The summed E-state index contributed by atoms with van der Waals surface area (Å²) >= 11 is 0. The highest BCUT2D eigenvalue weighted by molar-refractivity contribution is 5.48. The monoisotopic (exact) mass is 320 g/mol. The van der Waals surface area contributed by atoms with Crippen LogP contribution in [0.15, 0.2) is 55.1 Å². The summed E-state index contributed by atoms with van der Waals surface area (Å²) in [6, 6.07) is 12.5. The fourth-order valence-electron chi connectivity index (χ4n) is 3.09. The lowest BCUT2D eigenvalue weighted by molar-refractivity contribution is 0.547. The number of hydrogen-bond acceptors (Lipinski definition) is 5. The van der Waals surface area contributed by atoms with Crippen molar-refractivity contribution in [2.45, 2.75) is 25.6 Å². The summed E-state index contributed by atoms with van der Waals surface area (Å²) in [5, 5.41) is 11.3. The van der Waals surface area contributed by atoms with E-state index in [9.17, 15) is 0 Å². The lowest BCUT2D eigenvalue weighted by Crippen LogP contribution is -2.27. The van der Waals surface area contributed by atoms with Crippen LogP contribution in [0.25, 0.3) is 0 Å². The van der Waals surface area contributed by atoms with Crippen molar-refractivity contribution >= 4 is 5.82 Å². The Morgan fingerprint density at radius 3 is 2.92 bits per heavy atom. The molecule has 6 nitrogen and oxygen atoms in total. The second-order valence-corrected chi connectivity index (χ2v) is 5.91. The van der Waals surface area contributed by atoms with E-state index in [1.807, 2.05) is 23.0 Å². The third kappa shape index (κ3) is 3.14. The highest BCUT2D eigenvalue weighted by Crippen LogP contribution is 2.25. The number of fused-ring (bicyclic) bond motifs is 1. The van der Waals surface area contributed by atoms with Gasteiger partial charge in [-0.2, -0.15) is 5.10 Å². The molecule has 1 aliphatic heterocycles. The maximum atomic E-state index is 4.51. The zero-order valence-corrected chi connectivity index (χ0v) is 13.4. The fraction of sp³-hybridized carbons (Fsp3) is 0.278. The van der Waals surface area contributed by atoms with E-state index in [1.165, 1.54) is 11.1 Å². The largest absolute Gasteiger partial charge is 0.361 e. The number of nitrogens with zero attached hydrogens (tertiary/aromatic N) is 4. The molecule has 4 rings (SSSR count). The molecule has 1 unspecified atom stereocenters. The van der Waals surface area contributed by atoms with Gasteiger partial charge in [-0.05, 0) is 24.6 Å². The lowest BCUT2D eigenvalue weighted by atomic mass is 10.0. The van der Waals surface area contributed by atoms with Crippen LogP contribution in [-0.4, -0.2) is 26.3 Å². The summed E-state index contributed by atoms with van der Waals surface area (Å²) in [6.07, 6.45) is 6.38. The van der Waals surface area contributed by atoms with E-state index in [0.29, 0.717) is 0 Å². The van der Waals surface area contributed by atoms with E-state index in [2.05, 4.69) is 50.0 Å². The first kappa shape index (κ1) is 14.8. The predicted molar refractivity (Wildman–Crippen MR) is 92.5 cm³/mol. The van der Waals surface area contributed by atoms with Gasteiger partial charge in [0.25, 0.3) is 0 Å². The normalized spacial score (nSPS) is 14.8. The van der Waals surface area contributed by atoms with E-state index in [1.54, 1.807) is 12.5 Å². The molecular formula is C18H20N6. The van der Waals surface area contributed by atoms with Crippen molar-refractivity contribution in [3.05, 3.63) is 71.9 Å². The maximum absolute atomic E-state index is 4.51. The molecule has 1 aliphatic rings. The first-order chi connectivity index (χ1) is 11.9. The van der Waals surface area contributed by atoms with Crippen LogP contribution in [0.3, 0.4) is 0 Å². The van der Waals surface area contributed by atoms with E-state index in [-0.39, 0.29) is 6.04 Å². The highest BCUT2D eigenvalue weighted by Gasteiger charge is 2.19. The molecule has 1 aromatic carbocycles. The Hall–Kier alpha value is -2.73. The Morgan fingerprint density at radius 2 is 2.08 bits per heavy atom. The van der Waals surface area contributed by atoms with Gasteiger partial charge in [0, 0.05) is 24.5 Å². The molecule has 0 amide bonds. The first-order valence-corrected chi connectivity index (χ1v) is 8.22. The Labute approximate surface area is 141 Å². The number of hydrogen-bond donors (Lipinski definition) is 2. The highest BCUT2D eigenvalue weighted by atomic mass is 15.3. The molecule has 0 aliphatic carbocycles. The standard InChI is InChI=1S/C18H20N6/c1-2-5-14(6-3-1)17(12-24-10-4-8-22-24)23-18-15-7-9-19-11-16(15)20-13-21-18/h1-6,8,10,13,17,19H,7,9,11-12H2,(H,20,21,23). The van der Waals surface area contributed by atoms with Crippen molar-refractivity contribution in [2.24, 2.45) is 0 Å². The van der Waals surface area contributed by atoms with Gasteiger partial charge < -0.3 is 10.6 Å². The van der Waals surface area contributed by atoms with Gasteiger partial charge in [0.1, 0.15) is 12.1 Å². The molecule has 0 saturated heterocycles. The molecule has 3 aromatic rings. The van der Waals surface area contributed by atoms with Gasteiger partial charge in [-0.1, -0.05) is 30.3 Å². The number of benzene rings is 1. The summed E-state index contributed by atoms with van der Waals surface area (Å²) < 4.78 is 1.94. The van der Waals surface area contributed by atoms with Crippen LogP contribution in [0.2, 0.25) is 0 Å². The zero-order chi connectivity index (χ0) is 16.2. The molecule has 0 spiro atoms. The Morgan fingerprint density at radius 1 is 1.17 bits per heavy atom. The third-order valence-corrected chi connectivity index (χ3v) is 4.32. The Balaban J connectivity index is 1.65. The molecule has 6 heteroatoms. The van der Waals surface area contributed by atoms with Crippen LogP contribution in [0, 0.1) is 0 Å². The quantitative estimate of drug-likeness (QED) is 0.754. The fourth-order valence-corrected chi connectivity index (χ4v) is 3.09. The molecule has 1 atom stereocenters. The SMILES string of the molecule is c1ccc(C(Cn2cccn2)Nc2ncnc3c2CCNC3)cc1. The van der Waals surface area contributed by atoms with Gasteiger partial charge in [0.2, 0.25) is 0 Å². The first-order valence-electron chi connectivity index (χ1n) is 8.22. The van der Waals surface area contributed by atoms with Crippen molar-refractivity contribution in [2.75, 3.05) is 11.9 Å². The number of anilines is 1. The third-order valence-electron chi connectivity index (χ3n) is 4.32. The second kappa shape index (κ2) is 6.80. The summed E-state index contributed by atoms with van der Waals surface area (Å²) in [4.78, 5) is 8.91. The second-order valence-electron chi connectivity index (χ2n) is 5.91. The molecule has 0 bridgehead atoms. The van der Waals surface area contributed by atoms with Crippen LogP contribution in [0.1, 0.15) is 22.9 Å². The number of nitrogens with one attached hydrogen (secondary N) is 2. The van der Waals surface area contributed by atoms with Crippen molar-refractivity contribution in [1.82, 2.24) is 25.1 Å². The van der Waals surface area contributed by atoms with Crippen molar-refractivity contribution in [3.63, 3.8) is 0 Å². The van der Waals surface area contributed by atoms with Crippen molar-refractivity contribution < 1.29 is 0 Å². The average molecular weight is 320 g/mol. The van der Waals surface area contributed by atoms with Gasteiger partial charge >= 0.3 is 0 Å². The van der Waals surface area contributed by atoms with Crippen LogP contribution in [0.5, 0.6) is 0 Å². The smallest absolute Gasteiger partial charge is 0.133 e. The van der Waals surface area contributed by atoms with Gasteiger partial charge in [-0.25, -0.2) is 9.97 Å². The van der Waals surface area contributed by atoms with Gasteiger partial charge in [-0.15, -0.1) is 0 Å². The number of aromatic nitrogens is 4. The molecule has 0 radical (unpaired) electrons. The minimum absolute atomic E-state index is 0.0972. The zero-order valence-electron chi connectivity index (χ0n) is 13.4. The summed E-state index contributed by atoms with van der Waals surface area (Å²) in [6.45, 7) is 2.51. The predicted octanol–water partition coefficient (Wildman–Crippen LogP) is 2.17. The minimum Gasteiger partial charge on any atom is -0.361 e. The summed E-state index contributed by atoms with van der Waals surface area (Å²) in [5.74, 6) is 0.933. The van der Waals surface area contributed by atoms with Gasteiger partial charge in [0.15, 0.2) is 0 Å². The van der Waals surface area contributed by atoms with Crippen LogP contribution in [0.4, 0.5) is 5.82 Å². The lowest BCUT2D eigenvalue weighted by Gasteiger charge is -2.24. The number of rotatable bonds is 5. The minimum atomic E-state index is 0.0972. The molecule has 0 saturated carbocycles. The molecular weight excluding hydrogens is 300 g/mol. The summed E-state index contributed by atoms with van der Waals surface area (Å²) in [7, 11) is 0. The molecule has 2 N–H and O–H groups in total. The van der Waals surface area contributed by atoms with E-state index in [4.69, 9.17) is 0 Å². The van der Waals surface area contributed by atoms with E-state index in [0.717, 1.165) is 37.6 Å². The molecule has 2 aromatic heterocycles. The van der Waals surface area contributed by atoms with Crippen molar-refractivity contribution in [1.29, 1.82) is 0 Å². The molecule has 24 heavy (non-hydrogen) atoms. The maximum Gasteiger partial charge on any atom is 0.133 e. The molecule has 3 heterocycles. The van der Waals surface area contributed by atoms with Crippen molar-refractivity contribution in [3.8, 4) is 0 Å². The topological polar surface area (TPSA) is 67.7 Å². The molecule has 0 fully saturated rings. The Kier molecular flexibility index (Phi) is 4.20. The molecule has 122 valence electrons. The van der Waals surface area contributed by atoms with E-state index >= 15 is 0 Å². The summed E-state index contributed by atoms with van der Waals surface area (Å²) in [5.41, 5.74) is 3.52. The van der Waals surface area contributed by atoms with Gasteiger partial charge in [0.05, 0.1) is 18.3 Å². The van der Waals surface area contributed by atoms with Crippen LogP contribution < -0.4 is 10.6 Å². The van der Waals surface area contributed by atoms with Gasteiger partial charge in [-0.3, -0.25) is 4.68 Å². The van der Waals surface area contributed by atoms with Crippen LogP contribution >= 0.6 is 0 Å². The van der Waals surface area contributed by atoms with Crippen LogP contribution in [-0.2, 0) is 19.5 Å². The Bertz CT molecular complexity index is 785.